The van der Waals surface area contributed by atoms with E-state index in [9.17, 15) is 4.79 Å². The number of aromatic nitrogens is 2. The smallest absolute Gasteiger partial charge is 0.272 e. The van der Waals surface area contributed by atoms with Crippen molar-refractivity contribution in [1.82, 2.24) is 9.55 Å². The number of rotatable bonds is 3. The first kappa shape index (κ1) is 14.9. The first-order valence-corrected chi connectivity index (χ1v) is 7.15. The highest BCUT2D eigenvalue weighted by atomic mass is 79.9. The van der Waals surface area contributed by atoms with Gasteiger partial charge in [-0.1, -0.05) is 11.6 Å². The molecule has 0 aliphatic carbocycles. The number of hydrogen-bond donors (Lipinski definition) is 2. The van der Waals surface area contributed by atoms with E-state index in [1.54, 1.807) is 24.5 Å². The van der Waals surface area contributed by atoms with Gasteiger partial charge in [0, 0.05) is 22.9 Å². The van der Waals surface area contributed by atoms with Gasteiger partial charge in [-0.3, -0.25) is 4.79 Å². The van der Waals surface area contributed by atoms with Crippen LogP contribution in [0, 0.1) is 0 Å². The van der Waals surface area contributed by atoms with Gasteiger partial charge in [-0.25, -0.2) is 4.98 Å². The topological polar surface area (TPSA) is 72.9 Å². The van der Waals surface area contributed by atoms with Gasteiger partial charge in [-0.15, -0.1) is 0 Å². The summed E-state index contributed by atoms with van der Waals surface area (Å²) >= 11 is 9.24. The van der Waals surface area contributed by atoms with Gasteiger partial charge in [-0.2, -0.15) is 0 Å². The van der Waals surface area contributed by atoms with Crippen LogP contribution in [0.25, 0.3) is 0 Å². The third-order valence-corrected chi connectivity index (χ3v) is 3.45. The maximum Gasteiger partial charge on any atom is 0.272 e. The van der Waals surface area contributed by atoms with Gasteiger partial charge in [0.25, 0.3) is 5.91 Å². The number of carbonyl (C=O) groups excluding carboxylic acids is 1. The van der Waals surface area contributed by atoms with E-state index < -0.39 is 0 Å². The van der Waals surface area contributed by atoms with Crippen LogP contribution in [-0.2, 0) is 0 Å². The van der Waals surface area contributed by atoms with Crippen LogP contribution in [0.2, 0.25) is 5.15 Å². The molecule has 3 N–H and O–H groups in total. The Morgan fingerprint density at radius 1 is 1.50 bits per heavy atom. The second-order valence-corrected chi connectivity index (χ2v) is 5.88. The van der Waals surface area contributed by atoms with E-state index in [-0.39, 0.29) is 17.1 Å². The lowest BCUT2D eigenvalue weighted by atomic mass is 10.3. The van der Waals surface area contributed by atoms with Crippen molar-refractivity contribution in [2.45, 2.75) is 19.9 Å². The van der Waals surface area contributed by atoms with E-state index in [2.05, 4.69) is 26.2 Å². The summed E-state index contributed by atoms with van der Waals surface area (Å²) in [6.45, 7) is 3.95. The molecular weight excluding hydrogens is 344 g/mol. The third kappa shape index (κ3) is 3.13. The minimum Gasteiger partial charge on any atom is -0.397 e. The van der Waals surface area contributed by atoms with Crippen LogP contribution in [0.3, 0.4) is 0 Å². The minimum absolute atomic E-state index is 0.129. The molecule has 2 aromatic heterocycles. The highest BCUT2D eigenvalue weighted by Gasteiger charge is 2.16. The lowest BCUT2D eigenvalue weighted by Gasteiger charge is -2.13. The van der Waals surface area contributed by atoms with Crippen molar-refractivity contribution in [1.29, 1.82) is 0 Å². The van der Waals surface area contributed by atoms with E-state index in [1.165, 1.54) is 0 Å². The predicted molar refractivity (Wildman–Crippen MR) is 84.1 cm³/mol. The van der Waals surface area contributed by atoms with Crippen LogP contribution in [0.15, 0.2) is 29.0 Å². The van der Waals surface area contributed by atoms with Crippen molar-refractivity contribution >= 4 is 44.8 Å². The first-order valence-electron chi connectivity index (χ1n) is 5.98. The van der Waals surface area contributed by atoms with E-state index in [0.29, 0.717) is 17.1 Å². The summed E-state index contributed by atoms with van der Waals surface area (Å²) in [5.41, 5.74) is 7.23. The number of nitrogens with zero attached hydrogens (tertiary/aromatic N) is 2. The van der Waals surface area contributed by atoms with Crippen LogP contribution in [0.1, 0.15) is 30.4 Å². The Kier molecular flexibility index (Phi) is 4.35. The highest BCUT2D eigenvalue weighted by Crippen LogP contribution is 2.24. The summed E-state index contributed by atoms with van der Waals surface area (Å²) in [5.74, 6) is -0.280. The van der Waals surface area contributed by atoms with Crippen LogP contribution in [0.5, 0.6) is 0 Å². The number of anilines is 2. The summed E-state index contributed by atoms with van der Waals surface area (Å²) in [7, 11) is 0. The number of carbonyl (C=O) groups is 1. The van der Waals surface area contributed by atoms with Gasteiger partial charge in [-0.05, 0) is 41.9 Å². The fourth-order valence-corrected chi connectivity index (χ4v) is 2.29. The molecule has 5 nitrogen and oxygen atoms in total. The van der Waals surface area contributed by atoms with Crippen LogP contribution in [-0.4, -0.2) is 15.5 Å². The molecule has 2 heterocycles. The number of nitrogens with two attached hydrogens (primary N) is 1. The molecule has 0 radical (unpaired) electrons. The molecule has 20 heavy (non-hydrogen) atoms. The lowest BCUT2D eigenvalue weighted by Crippen LogP contribution is -2.18. The first-order chi connectivity index (χ1) is 9.38. The zero-order valence-electron chi connectivity index (χ0n) is 11.0. The zero-order valence-corrected chi connectivity index (χ0v) is 13.4. The minimum atomic E-state index is -0.280. The Morgan fingerprint density at radius 2 is 2.20 bits per heavy atom. The summed E-state index contributed by atoms with van der Waals surface area (Å²) < 4.78 is 2.54. The Bertz CT molecular complexity index is 654. The zero-order chi connectivity index (χ0) is 14.9. The van der Waals surface area contributed by atoms with Crippen LogP contribution in [0.4, 0.5) is 11.4 Å². The summed E-state index contributed by atoms with van der Waals surface area (Å²) in [4.78, 5) is 16.3. The molecule has 0 aliphatic rings. The molecule has 106 valence electrons. The molecule has 0 saturated carbocycles. The molecule has 0 spiro atoms. The van der Waals surface area contributed by atoms with Crippen molar-refractivity contribution in [2.24, 2.45) is 0 Å². The molecule has 1 amide bonds. The fraction of sp³-hybridized carbons (Fsp3) is 0.231. The highest BCUT2D eigenvalue weighted by molar-refractivity contribution is 9.10. The molecule has 7 heteroatoms. The maximum absolute atomic E-state index is 12.3. The summed E-state index contributed by atoms with van der Waals surface area (Å²) in [6.07, 6.45) is 3.30. The number of amides is 1. The van der Waals surface area contributed by atoms with Crippen molar-refractivity contribution < 1.29 is 4.79 Å². The molecule has 2 rings (SSSR count). The van der Waals surface area contributed by atoms with Gasteiger partial charge in [0.15, 0.2) is 5.15 Å². The molecule has 0 aliphatic heterocycles. The Hall–Kier alpha value is -1.53. The van der Waals surface area contributed by atoms with Gasteiger partial charge in [0.2, 0.25) is 0 Å². The molecule has 0 fully saturated rings. The second kappa shape index (κ2) is 5.85. The normalized spacial score (nSPS) is 10.8. The van der Waals surface area contributed by atoms with Gasteiger partial charge in [0.05, 0.1) is 11.4 Å². The Balaban J connectivity index is 2.31. The van der Waals surface area contributed by atoms with Crippen LogP contribution < -0.4 is 11.1 Å². The summed E-state index contributed by atoms with van der Waals surface area (Å²) in [6, 6.07) is 3.46. The number of pyridine rings is 1. The van der Waals surface area contributed by atoms with Crippen molar-refractivity contribution in [2.75, 3.05) is 11.1 Å². The third-order valence-electron chi connectivity index (χ3n) is 2.71. The monoisotopic (exact) mass is 356 g/mol. The number of nitrogen functional groups attached to an aromatic ring is 1. The fourth-order valence-electron chi connectivity index (χ4n) is 1.81. The lowest BCUT2D eigenvalue weighted by molar-refractivity contribution is 0.101. The van der Waals surface area contributed by atoms with Crippen LogP contribution >= 0.6 is 27.5 Å². The number of hydrogen-bond acceptors (Lipinski definition) is 3. The average Bonchev–Trinajstić information content (AvgIpc) is 2.76. The molecule has 0 aromatic carbocycles. The maximum atomic E-state index is 12.3. The molecule has 0 saturated heterocycles. The van der Waals surface area contributed by atoms with E-state index >= 15 is 0 Å². The van der Waals surface area contributed by atoms with E-state index in [4.69, 9.17) is 17.3 Å². The SMILES string of the molecule is CC(C)n1cc(N)cc1C(=O)Nc1cc(Br)cnc1Cl. The molecule has 2 aromatic rings. The standard InChI is InChI=1S/C13H14BrClN4O/c1-7(2)19-6-9(16)4-11(19)13(20)18-10-3-8(14)5-17-12(10)15/h3-7H,16H2,1-2H3,(H,18,20). The van der Waals surface area contributed by atoms with Gasteiger partial charge >= 0.3 is 0 Å². The average molecular weight is 358 g/mol. The second-order valence-electron chi connectivity index (χ2n) is 4.61. The number of halogens is 2. The van der Waals surface area contributed by atoms with Crippen molar-refractivity contribution in [3.8, 4) is 0 Å². The van der Waals surface area contributed by atoms with Gasteiger partial charge in [0.1, 0.15) is 5.69 Å². The predicted octanol–water partition coefficient (Wildman–Crippen LogP) is 3.71. The Morgan fingerprint density at radius 3 is 2.85 bits per heavy atom. The van der Waals surface area contributed by atoms with E-state index in [1.807, 2.05) is 18.4 Å². The molecule has 0 atom stereocenters. The van der Waals surface area contributed by atoms with E-state index in [0.717, 1.165) is 4.47 Å². The quantitative estimate of drug-likeness (QED) is 0.822. The largest absolute Gasteiger partial charge is 0.397 e. The molecule has 0 bridgehead atoms. The molecule has 0 unspecified atom stereocenters. The van der Waals surface area contributed by atoms with Crippen molar-refractivity contribution in [3.63, 3.8) is 0 Å². The molecular formula is C13H14BrClN4O. The number of nitrogens with one attached hydrogen (secondary N) is 1. The van der Waals surface area contributed by atoms with Crippen molar-refractivity contribution in [3.05, 3.63) is 39.8 Å². The summed E-state index contributed by atoms with van der Waals surface area (Å²) in [5, 5.41) is 2.97. The van der Waals surface area contributed by atoms with Gasteiger partial charge < -0.3 is 15.6 Å². The Labute approximate surface area is 130 Å².